The van der Waals surface area contributed by atoms with E-state index in [2.05, 4.69) is 4.72 Å². The third-order valence-corrected chi connectivity index (χ3v) is 8.77. The monoisotopic (exact) mass is 490 g/mol. The quantitative estimate of drug-likeness (QED) is 0.569. The number of nitrogens with zero attached hydrogens (tertiary/aromatic N) is 1. The number of halogens is 1. The molecule has 10 heteroatoms. The predicted octanol–water partition coefficient (Wildman–Crippen LogP) is 3.69. The zero-order valence-corrected chi connectivity index (χ0v) is 19.7. The van der Waals surface area contributed by atoms with Crippen molar-refractivity contribution in [3.05, 3.63) is 83.2 Å². The predicted molar refractivity (Wildman–Crippen MR) is 123 cm³/mol. The number of aryl methyl sites for hydroxylation is 1. The van der Waals surface area contributed by atoms with Crippen molar-refractivity contribution in [1.82, 2.24) is 4.31 Å². The van der Waals surface area contributed by atoms with Gasteiger partial charge in [-0.15, -0.1) is 0 Å². The number of benzene rings is 3. The molecule has 0 spiro atoms. The van der Waals surface area contributed by atoms with Gasteiger partial charge < -0.3 is 4.74 Å². The fourth-order valence-electron chi connectivity index (χ4n) is 3.73. The molecule has 0 unspecified atom stereocenters. The lowest BCUT2D eigenvalue weighted by Crippen LogP contribution is -2.36. The van der Waals surface area contributed by atoms with Crippen LogP contribution < -0.4 is 9.46 Å². The molecule has 1 N–H and O–H groups in total. The first-order valence-electron chi connectivity index (χ1n) is 10.1. The number of hydrogen-bond acceptors (Lipinski definition) is 5. The largest absolute Gasteiger partial charge is 0.495 e. The second-order valence-electron chi connectivity index (χ2n) is 7.79. The van der Waals surface area contributed by atoms with Gasteiger partial charge in [0.25, 0.3) is 10.0 Å². The lowest BCUT2D eigenvalue weighted by atomic mass is 10.0. The fourth-order valence-corrected chi connectivity index (χ4v) is 6.38. The maximum Gasteiger partial charge on any atom is 0.265 e. The molecule has 174 valence electrons. The molecule has 0 bridgehead atoms. The van der Waals surface area contributed by atoms with E-state index >= 15 is 0 Å². The van der Waals surface area contributed by atoms with Crippen molar-refractivity contribution in [2.75, 3.05) is 18.4 Å². The van der Waals surface area contributed by atoms with Gasteiger partial charge in [-0.2, -0.15) is 4.31 Å². The molecule has 7 nitrogen and oxygen atoms in total. The minimum absolute atomic E-state index is 0.0113. The first kappa shape index (κ1) is 23.2. The van der Waals surface area contributed by atoms with Crippen LogP contribution in [0.4, 0.5) is 10.1 Å². The van der Waals surface area contributed by atoms with Gasteiger partial charge in [0.05, 0.1) is 12.0 Å². The number of nitrogens with one attached hydrogen (secondary N) is 1. The van der Waals surface area contributed by atoms with E-state index in [-0.39, 0.29) is 27.8 Å². The molecule has 0 aromatic heterocycles. The summed E-state index contributed by atoms with van der Waals surface area (Å²) >= 11 is 0. The molecule has 1 heterocycles. The van der Waals surface area contributed by atoms with Gasteiger partial charge in [-0.05, 0) is 66.9 Å². The molecule has 0 fully saturated rings. The number of rotatable bonds is 6. The van der Waals surface area contributed by atoms with Crippen LogP contribution in [0.1, 0.15) is 16.7 Å². The van der Waals surface area contributed by atoms with E-state index < -0.39 is 25.9 Å². The molecule has 0 amide bonds. The molecular weight excluding hydrogens is 467 g/mol. The van der Waals surface area contributed by atoms with Gasteiger partial charge >= 0.3 is 0 Å². The number of sulfonamides is 2. The van der Waals surface area contributed by atoms with Crippen molar-refractivity contribution in [3.8, 4) is 5.75 Å². The summed E-state index contributed by atoms with van der Waals surface area (Å²) in [6, 6.07) is 14.9. The summed E-state index contributed by atoms with van der Waals surface area (Å²) in [7, 11) is -6.53. The zero-order valence-electron chi connectivity index (χ0n) is 18.1. The Bertz CT molecular complexity index is 1410. The molecule has 1 aliphatic rings. The van der Waals surface area contributed by atoms with Gasteiger partial charge in [0.2, 0.25) is 10.0 Å². The Morgan fingerprint density at radius 3 is 2.36 bits per heavy atom. The van der Waals surface area contributed by atoms with E-state index in [1.54, 1.807) is 42.5 Å². The fraction of sp³-hybridized carbons (Fsp3) is 0.217. The third-order valence-electron chi connectivity index (χ3n) is 5.51. The number of fused-ring (bicyclic) bond motifs is 1. The van der Waals surface area contributed by atoms with Crippen molar-refractivity contribution in [3.63, 3.8) is 0 Å². The molecule has 0 saturated carbocycles. The topological polar surface area (TPSA) is 92.8 Å². The summed E-state index contributed by atoms with van der Waals surface area (Å²) < 4.78 is 74.5. The Hall–Kier alpha value is -2.95. The summed E-state index contributed by atoms with van der Waals surface area (Å²) in [5.74, 6) is -0.698. The molecule has 1 aliphatic heterocycles. The van der Waals surface area contributed by atoms with Crippen LogP contribution in [-0.2, 0) is 33.0 Å². The number of anilines is 1. The van der Waals surface area contributed by atoms with Crippen molar-refractivity contribution in [2.45, 2.75) is 29.7 Å². The Morgan fingerprint density at radius 2 is 1.67 bits per heavy atom. The Morgan fingerprint density at radius 1 is 0.939 bits per heavy atom. The SMILES string of the molecule is COc1ccc(F)cc1S(=O)(=O)Nc1ccc2c(c1)CN(S(=O)(=O)c1ccc(C)cc1)CC2. The lowest BCUT2D eigenvalue weighted by Gasteiger charge is -2.28. The van der Waals surface area contributed by atoms with E-state index in [0.29, 0.717) is 18.5 Å². The molecule has 3 aromatic rings. The van der Waals surface area contributed by atoms with Gasteiger partial charge in [-0.1, -0.05) is 23.8 Å². The van der Waals surface area contributed by atoms with Gasteiger partial charge in [0.1, 0.15) is 16.5 Å². The summed E-state index contributed by atoms with van der Waals surface area (Å²) in [4.78, 5) is -0.113. The second kappa shape index (κ2) is 8.77. The molecule has 4 rings (SSSR count). The molecule has 0 saturated heterocycles. The van der Waals surface area contributed by atoms with Gasteiger partial charge in [-0.25, -0.2) is 21.2 Å². The summed E-state index contributed by atoms with van der Waals surface area (Å²) in [6.45, 7) is 2.33. The van der Waals surface area contributed by atoms with Crippen LogP contribution in [0.2, 0.25) is 0 Å². The maximum atomic E-state index is 13.7. The third kappa shape index (κ3) is 4.73. The zero-order chi connectivity index (χ0) is 23.8. The first-order chi connectivity index (χ1) is 15.6. The maximum absolute atomic E-state index is 13.7. The van der Waals surface area contributed by atoms with E-state index in [4.69, 9.17) is 4.74 Å². The summed E-state index contributed by atoms with van der Waals surface area (Å²) in [6.07, 6.45) is 0.505. The van der Waals surface area contributed by atoms with Crippen molar-refractivity contribution >= 4 is 25.7 Å². The van der Waals surface area contributed by atoms with Gasteiger partial charge in [0, 0.05) is 18.8 Å². The minimum atomic E-state index is -4.14. The van der Waals surface area contributed by atoms with E-state index in [1.165, 1.54) is 17.5 Å². The average molecular weight is 491 g/mol. The average Bonchev–Trinajstić information content (AvgIpc) is 2.78. The summed E-state index contributed by atoms with van der Waals surface area (Å²) in [5.41, 5.74) is 2.85. The van der Waals surface area contributed by atoms with Crippen LogP contribution in [0.5, 0.6) is 5.75 Å². The van der Waals surface area contributed by atoms with E-state index in [0.717, 1.165) is 23.3 Å². The molecule has 0 atom stereocenters. The molecule has 0 aliphatic carbocycles. The highest BCUT2D eigenvalue weighted by Crippen LogP contribution is 2.30. The highest BCUT2D eigenvalue weighted by molar-refractivity contribution is 7.92. The Balaban J connectivity index is 1.61. The summed E-state index contributed by atoms with van der Waals surface area (Å²) in [5, 5.41) is 0. The number of methoxy groups -OCH3 is 1. The van der Waals surface area contributed by atoms with Crippen molar-refractivity contribution in [1.29, 1.82) is 0 Å². The van der Waals surface area contributed by atoms with Crippen LogP contribution >= 0.6 is 0 Å². The number of hydrogen-bond donors (Lipinski definition) is 1. The lowest BCUT2D eigenvalue weighted by molar-refractivity contribution is 0.391. The smallest absolute Gasteiger partial charge is 0.265 e. The minimum Gasteiger partial charge on any atom is -0.495 e. The Labute approximate surface area is 192 Å². The Kier molecular flexibility index (Phi) is 6.17. The van der Waals surface area contributed by atoms with Gasteiger partial charge in [0.15, 0.2) is 0 Å². The normalized spacial score (nSPS) is 14.5. The molecular formula is C23H23FN2O5S2. The van der Waals surface area contributed by atoms with E-state index in [1.807, 2.05) is 6.92 Å². The molecule has 33 heavy (non-hydrogen) atoms. The van der Waals surface area contributed by atoms with Crippen molar-refractivity contribution < 1.29 is 26.0 Å². The standard InChI is InChI=1S/C23H23FN2O5S2/c1-16-3-8-21(9-4-16)33(29,30)26-12-11-17-5-7-20(13-18(17)15-26)25-32(27,28)23-14-19(24)6-10-22(23)31-2/h3-10,13-14,25H,11-12,15H2,1-2H3. The van der Waals surface area contributed by atoms with Gasteiger partial charge in [-0.3, -0.25) is 4.72 Å². The van der Waals surface area contributed by atoms with Crippen LogP contribution in [0.15, 0.2) is 70.5 Å². The highest BCUT2D eigenvalue weighted by atomic mass is 32.2. The van der Waals surface area contributed by atoms with Crippen LogP contribution in [-0.4, -0.2) is 34.8 Å². The van der Waals surface area contributed by atoms with Crippen LogP contribution in [0.25, 0.3) is 0 Å². The molecule has 3 aromatic carbocycles. The highest BCUT2D eigenvalue weighted by Gasteiger charge is 2.29. The van der Waals surface area contributed by atoms with Crippen LogP contribution in [0, 0.1) is 12.7 Å². The van der Waals surface area contributed by atoms with E-state index in [9.17, 15) is 21.2 Å². The second-order valence-corrected chi connectivity index (χ2v) is 11.4. The number of ether oxygens (including phenoxy) is 1. The van der Waals surface area contributed by atoms with Crippen LogP contribution in [0.3, 0.4) is 0 Å². The molecule has 0 radical (unpaired) electrons. The first-order valence-corrected chi connectivity index (χ1v) is 13.1. The van der Waals surface area contributed by atoms with Crippen molar-refractivity contribution in [2.24, 2.45) is 0 Å².